The summed E-state index contributed by atoms with van der Waals surface area (Å²) in [6.07, 6.45) is 0.161. The van der Waals surface area contributed by atoms with Gasteiger partial charge in [0.05, 0.1) is 25.8 Å². The number of methoxy groups -OCH3 is 1. The number of amides is 1. The third-order valence-corrected chi connectivity index (χ3v) is 4.74. The molecule has 2 heterocycles. The number of carbonyl (C=O) groups is 2. The van der Waals surface area contributed by atoms with Crippen LogP contribution < -0.4 is 20.0 Å². The first-order valence-corrected chi connectivity index (χ1v) is 9.34. The molecule has 0 unspecified atom stereocenters. The first-order chi connectivity index (χ1) is 14.5. The molecule has 0 atom stereocenters. The maximum absolute atomic E-state index is 12.5. The molecule has 0 radical (unpaired) electrons. The van der Waals surface area contributed by atoms with E-state index in [1.54, 1.807) is 42.5 Å². The van der Waals surface area contributed by atoms with Crippen molar-refractivity contribution in [1.29, 1.82) is 0 Å². The van der Waals surface area contributed by atoms with Crippen molar-refractivity contribution in [2.75, 3.05) is 25.2 Å². The largest absolute Gasteiger partial charge is 0.497 e. The number of anilines is 1. The second kappa shape index (κ2) is 8.28. The molecule has 2 aromatic carbocycles. The third kappa shape index (κ3) is 3.98. The van der Waals surface area contributed by atoms with Crippen LogP contribution in [-0.4, -0.2) is 32.1 Å². The molecule has 0 fully saturated rings. The van der Waals surface area contributed by atoms with Gasteiger partial charge in [-0.15, -0.1) is 0 Å². The van der Waals surface area contributed by atoms with Crippen LogP contribution >= 0.6 is 0 Å². The Morgan fingerprint density at radius 1 is 1.13 bits per heavy atom. The van der Waals surface area contributed by atoms with Gasteiger partial charge in [0.2, 0.25) is 5.91 Å². The summed E-state index contributed by atoms with van der Waals surface area (Å²) in [7, 11) is 1.51. The molecule has 1 aliphatic rings. The first-order valence-electron chi connectivity index (χ1n) is 9.34. The SMILES string of the molecule is COc1ccc2c(COC(=O)CN3C(=O)CCOc4ccccc43)cc(=O)oc2c1. The molecule has 3 aromatic rings. The van der Waals surface area contributed by atoms with Crippen LogP contribution in [0.5, 0.6) is 11.5 Å². The van der Waals surface area contributed by atoms with Gasteiger partial charge in [-0.3, -0.25) is 14.5 Å². The van der Waals surface area contributed by atoms with Crippen molar-refractivity contribution >= 4 is 28.5 Å². The van der Waals surface area contributed by atoms with Crippen LogP contribution in [0.1, 0.15) is 12.0 Å². The Hall–Kier alpha value is -3.81. The van der Waals surface area contributed by atoms with Gasteiger partial charge in [0, 0.05) is 23.1 Å². The lowest BCUT2D eigenvalue weighted by atomic mass is 10.1. The summed E-state index contributed by atoms with van der Waals surface area (Å²) in [5.41, 5.74) is 0.801. The molecule has 30 heavy (non-hydrogen) atoms. The van der Waals surface area contributed by atoms with E-state index in [2.05, 4.69) is 0 Å². The Morgan fingerprint density at radius 3 is 2.80 bits per heavy atom. The first kappa shape index (κ1) is 19.5. The molecule has 0 aliphatic carbocycles. The maximum Gasteiger partial charge on any atom is 0.336 e. The highest BCUT2D eigenvalue weighted by molar-refractivity contribution is 5.99. The molecule has 8 nitrogen and oxygen atoms in total. The molecule has 1 aliphatic heterocycles. The summed E-state index contributed by atoms with van der Waals surface area (Å²) in [4.78, 5) is 38.2. The van der Waals surface area contributed by atoms with E-state index >= 15 is 0 Å². The maximum atomic E-state index is 12.5. The zero-order valence-electron chi connectivity index (χ0n) is 16.3. The van der Waals surface area contributed by atoms with Crippen molar-refractivity contribution in [2.24, 2.45) is 0 Å². The fourth-order valence-electron chi connectivity index (χ4n) is 3.28. The van der Waals surface area contributed by atoms with Crippen LogP contribution in [-0.2, 0) is 20.9 Å². The van der Waals surface area contributed by atoms with E-state index in [1.807, 2.05) is 0 Å². The van der Waals surface area contributed by atoms with Crippen molar-refractivity contribution < 1.29 is 28.2 Å². The zero-order valence-corrected chi connectivity index (χ0v) is 16.3. The highest BCUT2D eigenvalue weighted by Gasteiger charge is 2.25. The molecular weight excluding hydrogens is 390 g/mol. The van der Waals surface area contributed by atoms with E-state index in [0.717, 1.165) is 0 Å². The van der Waals surface area contributed by atoms with Gasteiger partial charge in [0.15, 0.2) is 0 Å². The van der Waals surface area contributed by atoms with E-state index in [1.165, 1.54) is 18.1 Å². The molecule has 0 saturated heterocycles. The van der Waals surface area contributed by atoms with E-state index in [4.69, 9.17) is 18.6 Å². The standard InChI is InChI=1S/C22H19NO7/c1-27-15-6-7-16-14(10-21(25)30-19(16)11-15)13-29-22(26)12-23-17-4-2-3-5-18(17)28-9-8-20(23)24/h2-7,10-11H,8-9,12-13H2,1H3. The molecule has 0 N–H and O–H groups in total. The van der Waals surface area contributed by atoms with E-state index < -0.39 is 11.6 Å². The predicted octanol–water partition coefficient (Wildman–Crippen LogP) is 2.66. The summed E-state index contributed by atoms with van der Waals surface area (Å²) >= 11 is 0. The van der Waals surface area contributed by atoms with Crippen LogP contribution in [0.4, 0.5) is 5.69 Å². The van der Waals surface area contributed by atoms with Crippen LogP contribution in [0.2, 0.25) is 0 Å². The third-order valence-electron chi connectivity index (χ3n) is 4.74. The van der Waals surface area contributed by atoms with Crippen molar-refractivity contribution in [3.63, 3.8) is 0 Å². The predicted molar refractivity (Wildman–Crippen MR) is 108 cm³/mol. The van der Waals surface area contributed by atoms with E-state index in [-0.39, 0.29) is 32.1 Å². The molecule has 0 saturated carbocycles. The number of benzene rings is 2. The van der Waals surface area contributed by atoms with Gasteiger partial charge >= 0.3 is 11.6 Å². The van der Waals surface area contributed by atoms with Crippen molar-refractivity contribution in [3.8, 4) is 11.5 Å². The Kier molecular flexibility index (Phi) is 5.38. The monoisotopic (exact) mass is 409 g/mol. The Bertz CT molecular complexity index is 1170. The second-order valence-corrected chi connectivity index (χ2v) is 6.66. The second-order valence-electron chi connectivity index (χ2n) is 6.66. The van der Waals surface area contributed by atoms with Gasteiger partial charge in [-0.2, -0.15) is 0 Å². The lowest BCUT2D eigenvalue weighted by molar-refractivity contribution is -0.144. The van der Waals surface area contributed by atoms with Gasteiger partial charge in [-0.25, -0.2) is 4.79 Å². The van der Waals surface area contributed by atoms with Gasteiger partial charge in [-0.1, -0.05) is 12.1 Å². The Labute approximate surface area is 171 Å². The fraction of sp³-hybridized carbons (Fsp3) is 0.227. The van der Waals surface area contributed by atoms with Gasteiger partial charge < -0.3 is 18.6 Å². The highest BCUT2D eigenvalue weighted by Crippen LogP contribution is 2.31. The van der Waals surface area contributed by atoms with Crippen LogP contribution in [0.3, 0.4) is 0 Å². The minimum atomic E-state index is -0.602. The van der Waals surface area contributed by atoms with Crippen LogP contribution in [0.25, 0.3) is 11.0 Å². The topological polar surface area (TPSA) is 95.3 Å². The minimum Gasteiger partial charge on any atom is -0.497 e. The average Bonchev–Trinajstić information content (AvgIpc) is 2.90. The van der Waals surface area contributed by atoms with Gasteiger partial charge in [0.25, 0.3) is 0 Å². The number of esters is 1. The molecule has 4 rings (SSSR count). The number of fused-ring (bicyclic) bond motifs is 2. The van der Waals surface area contributed by atoms with Crippen molar-refractivity contribution in [2.45, 2.75) is 13.0 Å². The number of hydrogen-bond donors (Lipinski definition) is 0. The molecule has 8 heteroatoms. The molecule has 0 bridgehead atoms. The summed E-state index contributed by atoms with van der Waals surface area (Å²) in [5, 5.41) is 0.632. The number of carbonyl (C=O) groups excluding carboxylic acids is 2. The average molecular weight is 409 g/mol. The lowest BCUT2D eigenvalue weighted by Gasteiger charge is -2.20. The smallest absolute Gasteiger partial charge is 0.336 e. The minimum absolute atomic E-state index is 0.132. The normalized spacial score (nSPS) is 13.4. The van der Waals surface area contributed by atoms with Crippen LogP contribution in [0.15, 0.2) is 57.7 Å². The number of ether oxygens (including phenoxy) is 3. The Morgan fingerprint density at radius 2 is 1.97 bits per heavy atom. The summed E-state index contributed by atoms with van der Waals surface area (Å²) in [6.45, 7) is -0.142. The highest BCUT2D eigenvalue weighted by atomic mass is 16.5. The van der Waals surface area contributed by atoms with Crippen molar-refractivity contribution in [3.05, 3.63) is 64.5 Å². The molecular formula is C22H19NO7. The summed E-state index contributed by atoms with van der Waals surface area (Å²) in [6, 6.07) is 13.4. The van der Waals surface area contributed by atoms with Gasteiger partial charge in [0.1, 0.15) is 30.2 Å². The fourth-order valence-corrected chi connectivity index (χ4v) is 3.28. The number of nitrogens with zero attached hydrogens (tertiary/aromatic N) is 1. The van der Waals surface area contributed by atoms with E-state index in [0.29, 0.717) is 33.7 Å². The lowest BCUT2D eigenvalue weighted by Crippen LogP contribution is -2.36. The summed E-state index contributed by atoms with van der Waals surface area (Å²) in [5.74, 6) is 0.252. The Balaban J connectivity index is 1.52. The molecule has 1 amide bonds. The zero-order chi connectivity index (χ0) is 21.1. The van der Waals surface area contributed by atoms with Crippen LogP contribution in [0, 0.1) is 0 Å². The number of para-hydroxylation sites is 2. The quantitative estimate of drug-likeness (QED) is 0.472. The summed E-state index contributed by atoms with van der Waals surface area (Å²) < 4.78 is 21.3. The molecule has 0 spiro atoms. The van der Waals surface area contributed by atoms with Gasteiger partial charge in [-0.05, 0) is 24.3 Å². The number of hydrogen-bond acceptors (Lipinski definition) is 7. The number of rotatable bonds is 5. The van der Waals surface area contributed by atoms with Crippen molar-refractivity contribution in [1.82, 2.24) is 0 Å². The molecule has 1 aromatic heterocycles. The van der Waals surface area contributed by atoms with E-state index in [9.17, 15) is 14.4 Å². The molecule has 154 valence electrons.